The van der Waals surface area contributed by atoms with Gasteiger partial charge in [0.15, 0.2) is 0 Å². The third-order valence-electron chi connectivity index (χ3n) is 3.51. The Morgan fingerprint density at radius 3 is 2.71 bits per heavy atom. The smallest absolute Gasteiger partial charge is 0.254 e. The fourth-order valence-electron chi connectivity index (χ4n) is 2.27. The number of methoxy groups -OCH3 is 1. The zero-order valence-electron chi connectivity index (χ0n) is 12.5. The van der Waals surface area contributed by atoms with Crippen molar-refractivity contribution in [2.75, 3.05) is 46.9 Å². The molecular formula is C15H21N3O3. The molecule has 0 saturated carbocycles. The van der Waals surface area contributed by atoms with Crippen LogP contribution in [0.1, 0.15) is 10.4 Å². The lowest BCUT2D eigenvalue weighted by Gasteiger charge is -2.29. The largest absolute Gasteiger partial charge is 0.497 e. The van der Waals surface area contributed by atoms with Crippen LogP contribution in [-0.2, 0) is 4.79 Å². The van der Waals surface area contributed by atoms with E-state index in [2.05, 4.69) is 5.32 Å². The van der Waals surface area contributed by atoms with E-state index in [9.17, 15) is 9.59 Å². The molecule has 1 aromatic carbocycles. The van der Waals surface area contributed by atoms with E-state index in [0.29, 0.717) is 24.4 Å². The highest BCUT2D eigenvalue weighted by Gasteiger charge is 2.20. The standard InChI is InChI=1S/C15H21N3O3/c1-17(11-14(19)18-8-6-16-7-9-18)15(20)12-4-3-5-13(10-12)21-2/h3-5,10,16H,6-9,11H2,1-2H3. The van der Waals surface area contributed by atoms with Crippen LogP contribution in [-0.4, -0.2) is 68.5 Å². The van der Waals surface area contributed by atoms with Crippen molar-refractivity contribution in [1.82, 2.24) is 15.1 Å². The lowest BCUT2D eigenvalue weighted by molar-refractivity contribution is -0.132. The van der Waals surface area contributed by atoms with E-state index in [1.807, 2.05) is 0 Å². The van der Waals surface area contributed by atoms with Crippen LogP contribution in [0.3, 0.4) is 0 Å². The lowest BCUT2D eigenvalue weighted by atomic mass is 10.2. The molecule has 0 aromatic heterocycles. The molecule has 1 aliphatic heterocycles. The van der Waals surface area contributed by atoms with E-state index in [1.54, 1.807) is 43.3 Å². The Bertz CT molecular complexity index is 513. The molecule has 1 aliphatic rings. The molecule has 0 unspecified atom stereocenters. The molecule has 1 aromatic rings. The molecule has 114 valence electrons. The Kier molecular flexibility index (Phi) is 5.16. The van der Waals surface area contributed by atoms with E-state index in [4.69, 9.17) is 4.74 Å². The summed E-state index contributed by atoms with van der Waals surface area (Å²) in [6.45, 7) is 3.09. The van der Waals surface area contributed by atoms with Crippen LogP contribution >= 0.6 is 0 Å². The maximum Gasteiger partial charge on any atom is 0.254 e. The van der Waals surface area contributed by atoms with Crippen molar-refractivity contribution in [2.45, 2.75) is 0 Å². The molecule has 21 heavy (non-hydrogen) atoms. The van der Waals surface area contributed by atoms with Crippen molar-refractivity contribution >= 4 is 11.8 Å². The fourth-order valence-corrected chi connectivity index (χ4v) is 2.27. The number of amides is 2. The quantitative estimate of drug-likeness (QED) is 0.861. The minimum atomic E-state index is -0.183. The average Bonchev–Trinajstić information content (AvgIpc) is 2.54. The highest BCUT2D eigenvalue weighted by atomic mass is 16.5. The Hall–Kier alpha value is -2.08. The number of hydrogen-bond acceptors (Lipinski definition) is 4. The summed E-state index contributed by atoms with van der Waals surface area (Å²) in [5.74, 6) is 0.426. The van der Waals surface area contributed by atoms with E-state index in [1.165, 1.54) is 4.90 Å². The van der Waals surface area contributed by atoms with Gasteiger partial charge in [-0.3, -0.25) is 9.59 Å². The molecule has 1 N–H and O–H groups in total. The Balaban J connectivity index is 1.96. The fraction of sp³-hybridized carbons (Fsp3) is 0.467. The van der Waals surface area contributed by atoms with Crippen LogP contribution in [0.15, 0.2) is 24.3 Å². The van der Waals surface area contributed by atoms with Crippen LogP contribution in [0.4, 0.5) is 0 Å². The van der Waals surface area contributed by atoms with Gasteiger partial charge in [-0.05, 0) is 18.2 Å². The number of hydrogen-bond donors (Lipinski definition) is 1. The maximum absolute atomic E-state index is 12.3. The molecule has 6 nitrogen and oxygen atoms in total. The van der Waals surface area contributed by atoms with Gasteiger partial charge >= 0.3 is 0 Å². The first-order chi connectivity index (χ1) is 10.1. The van der Waals surface area contributed by atoms with Crippen molar-refractivity contribution in [1.29, 1.82) is 0 Å². The zero-order valence-corrected chi connectivity index (χ0v) is 12.5. The number of piperazine rings is 1. The molecule has 1 heterocycles. The van der Waals surface area contributed by atoms with Gasteiger partial charge in [0.2, 0.25) is 5.91 Å². The minimum absolute atomic E-state index is 0.0183. The Labute approximate surface area is 124 Å². The van der Waals surface area contributed by atoms with E-state index in [0.717, 1.165) is 13.1 Å². The van der Waals surface area contributed by atoms with Crippen molar-refractivity contribution in [3.05, 3.63) is 29.8 Å². The van der Waals surface area contributed by atoms with Crippen LogP contribution in [0.2, 0.25) is 0 Å². The number of benzene rings is 1. The second-order valence-corrected chi connectivity index (χ2v) is 5.02. The molecule has 0 bridgehead atoms. The van der Waals surface area contributed by atoms with Crippen LogP contribution < -0.4 is 10.1 Å². The SMILES string of the molecule is COc1cccc(C(=O)N(C)CC(=O)N2CCNCC2)c1. The van der Waals surface area contributed by atoms with Crippen molar-refractivity contribution in [2.24, 2.45) is 0 Å². The van der Waals surface area contributed by atoms with E-state index < -0.39 is 0 Å². The summed E-state index contributed by atoms with van der Waals surface area (Å²) in [6.07, 6.45) is 0. The summed E-state index contributed by atoms with van der Waals surface area (Å²) >= 11 is 0. The molecule has 6 heteroatoms. The number of nitrogens with one attached hydrogen (secondary N) is 1. The number of nitrogens with zero attached hydrogens (tertiary/aromatic N) is 2. The molecule has 0 atom stereocenters. The van der Waals surface area contributed by atoms with E-state index >= 15 is 0 Å². The predicted molar refractivity (Wildman–Crippen MR) is 79.4 cm³/mol. The highest BCUT2D eigenvalue weighted by molar-refractivity contribution is 5.96. The first-order valence-electron chi connectivity index (χ1n) is 7.00. The summed E-state index contributed by atoms with van der Waals surface area (Å²) in [7, 11) is 3.20. The molecule has 0 spiro atoms. The number of rotatable bonds is 4. The molecule has 2 amide bonds. The summed E-state index contributed by atoms with van der Waals surface area (Å²) in [6, 6.07) is 6.94. The minimum Gasteiger partial charge on any atom is -0.497 e. The first kappa shape index (κ1) is 15.3. The third-order valence-corrected chi connectivity index (χ3v) is 3.51. The van der Waals surface area contributed by atoms with Crippen molar-refractivity contribution in [3.63, 3.8) is 0 Å². The lowest BCUT2D eigenvalue weighted by Crippen LogP contribution is -2.49. The Morgan fingerprint density at radius 1 is 1.33 bits per heavy atom. The number of carbonyl (C=O) groups is 2. The van der Waals surface area contributed by atoms with Crippen molar-refractivity contribution in [3.8, 4) is 5.75 Å². The maximum atomic E-state index is 12.3. The van der Waals surface area contributed by atoms with Gasteiger partial charge in [0, 0.05) is 38.8 Å². The van der Waals surface area contributed by atoms with E-state index in [-0.39, 0.29) is 18.4 Å². The van der Waals surface area contributed by atoms with Gasteiger partial charge in [-0.25, -0.2) is 0 Å². The van der Waals surface area contributed by atoms with Gasteiger partial charge in [-0.1, -0.05) is 6.07 Å². The number of carbonyl (C=O) groups excluding carboxylic acids is 2. The topological polar surface area (TPSA) is 61.9 Å². The molecule has 0 radical (unpaired) electrons. The van der Waals surface area contributed by atoms with Crippen LogP contribution in [0.5, 0.6) is 5.75 Å². The predicted octanol–water partition coefficient (Wildman–Crippen LogP) is 0.199. The normalized spacial score (nSPS) is 14.7. The monoisotopic (exact) mass is 291 g/mol. The molecule has 2 rings (SSSR count). The van der Waals surface area contributed by atoms with Gasteiger partial charge in [0.25, 0.3) is 5.91 Å². The van der Waals surface area contributed by atoms with Crippen LogP contribution in [0.25, 0.3) is 0 Å². The summed E-state index contributed by atoms with van der Waals surface area (Å²) in [5, 5.41) is 3.20. The molecular weight excluding hydrogens is 270 g/mol. The summed E-state index contributed by atoms with van der Waals surface area (Å²) in [4.78, 5) is 27.7. The Morgan fingerprint density at radius 2 is 2.05 bits per heavy atom. The van der Waals surface area contributed by atoms with Gasteiger partial charge in [0.1, 0.15) is 5.75 Å². The summed E-state index contributed by atoms with van der Waals surface area (Å²) < 4.78 is 5.11. The van der Waals surface area contributed by atoms with Gasteiger partial charge in [0.05, 0.1) is 13.7 Å². The summed E-state index contributed by atoms with van der Waals surface area (Å²) in [5.41, 5.74) is 0.518. The van der Waals surface area contributed by atoms with Crippen molar-refractivity contribution < 1.29 is 14.3 Å². The highest BCUT2D eigenvalue weighted by Crippen LogP contribution is 2.14. The second-order valence-electron chi connectivity index (χ2n) is 5.02. The third kappa shape index (κ3) is 3.95. The number of ether oxygens (including phenoxy) is 1. The number of likely N-dealkylation sites (N-methyl/N-ethyl adjacent to an activating group) is 1. The molecule has 1 saturated heterocycles. The van der Waals surface area contributed by atoms with Gasteiger partial charge < -0.3 is 19.9 Å². The first-order valence-corrected chi connectivity index (χ1v) is 7.00. The second kappa shape index (κ2) is 7.08. The molecule has 0 aliphatic carbocycles. The molecule has 1 fully saturated rings. The van der Waals surface area contributed by atoms with Crippen LogP contribution in [0, 0.1) is 0 Å². The zero-order chi connectivity index (χ0) is 15.2. The average molecular weight is 291 g/mol. The van der Waals surface area contributed by atoms with Gasteiger partial charge in [-0.15, -0.1) is 0 Å². The van der Waals surface area contributed by atoms with Gasteiger partial charge in [-0.2, -0.15) is 0 Å².